The van der Waals surface area contributed by atoms with Crippen LogP contribution in [0.4, 0.5) is 5.00 Å². The molecule has 1 aromatic heterocycles. The van der Waals surface area contributed by atoms with E-state index in [1.807, 2.05) is 32.0 Å². The molecule has 30 heavy (non-hydrogen) atoms. The van der Waals surface area contributed by atoms with Crippen molar-refractivity contribution in [3.05, 3.63) is 45.8 Å². The summed E-state index contributed by atoms with van der Waals surface area (Å²) in [6.45, 7) is 6.08. The van der Waals surface area contributed by atoms with E-state index in [1.165, 1.54) is 17.4 Å². The Balaban J connectivity index is 1.76. The van der Waals surface area contributed by atoms with Gasteiger partial charge in [0.25, 0.3) is 5.91 Å². The van der Waals surface area contributed by atoms with Crippen molar-refractivity contribution in [3.8, 4) is 11.5 Å². The highest BCUT2D eigenvalue weighted by molar-refractivity contribution is 7.17. The first-order valence-electron chi connectivity index (χ1n) is 10.1. The van der Waals surface area contributed by atoms with E-state index in [9.17, 15) is 9.59 Å². The van der Waals surface area contributed by atoms with Gasteiger partial charge in [-0.05, 0) is 68.4 Å². The van der Waals surface area contributed by atoms with Crippen molar-refractivity contribution in [2.45, 2.75) is 46.1 Å². The second kappa shape index (κ2) is 9.34. The third-order valence-electron chi connectivity index (χ3n) is 4.97. The minimum absolute atomic E-state index is 0.0325. The minimum atomic E-state index is -0.494. The first-order chi connectivity index (χ1) is 14.3. The molecule has 0 fully saturated rings. The summed E-state index contributed by atoms with van der Waals surface area (Å²) in [5, 5.41) is 3.37. The molecule has 1 aromatic carbocycles. The third kappa shape index (κ3) is 5.02. The fourth-order valence-electron chi connectivity index (χ4n) is 3.56. The molecule has 1 aliphatic carbocycles. The zero-order valence-electron chi connectivity index (χ0n) is 17.8. The number of thiophene rings is 1. The largest absolute Gasteiger partial charge is 0.493 e. The number of rotatable bonds is 7. The molecule has 0 aliphatic heterocycles. The first kappa shape index (κ1) is 21.9. The molecule has 1 atom stereocenters. The molecular formula is C23H28N2O4S. The van der Waals surface area contributed by atoms with E-state index in [0.717, 1.165) is 35.3 Å². The maximum Gasteiger partial charge on any atom is 0.251 e. The van der Waals surface area contributed by atoms with E-state index in [0.29, 0.717) is 28.0 Å². The van der Waals surface area contributed by atoms with Gasteiger partial charge in [0, 0.05) is 11.0 Å². The van der Waals surface area contributed by atoms with Crippen molar-refractivity contribution in [1.29, 1.82) is 0 Å². The molecule has 0 saturated heterocycles. The highest BCUT2D eigenvalue weighted by Gasteiger charge is 2.26. The number of anilines is 1. The summed E-state index contributed by atoms with van der Waals surface area (Å²) in [5.74, 6) is 1.01. The van der Waals surface area contributed by atoms with Crippen molar-refractivity contribution in [2.75, 3.05) is 12.4 Å². The summed E-state index contributed by atoms with van der Waals surface area (Å²) in [7, 11) is 1.58. The van der Waals surface area contributed by atoms with Crippen LogP contribution in [0.1, 0.15) is 53.6 Å². The van der Waals surface area contributed by atoms with Gasteiger partial charge < -0.3 is 20.5 Å². The maximum absolute atomic E-state index is 12.5. The molecule has 0 spiro atoms. The van der Waals surface area contributed by atoms with Crippen molar-refractivity contribution in [3.63, 3.8) is 0 Å². The smallest absolute Gasteiger partial charge is 0.251 e. The molecule has 0 radical (unpaired) electrons. The number of nitrogens with two attached hydrogens (primary N) is 1. The van der Waals surface area contributed by atoms with Gasteiger partial charge in [-0.3, -0.25) is 9.59 Å². The Morgan fingerprint density at radius 1 is 1.30 bits per heavy atom. The van der Waals surface area contributed by atoms with E-state index in [-0.39, 0.29) is 12.0 Å². The average molecular weight is 429 g/mol. The summed E-state index contributed by atoms with van der Waals surface area (Å²) >= 11 is 1.45. The van der Waals surface area contributed by atoms with Gasteiger partial charge in [0.05, 0.1) is 18.8 Å². The summed E-state index contributed by atoms with van der Waals surface area (Å²) in [5.41, 5.74) is 7.86. The van der Waals surface area contributed by atoms with Crippen molar-refractivity contribution in [1.82, 2.24) is 0 Å². The molecule has 1 aliphatic rings. The minimum Gasteiger partial charge on any atom is -0.493 e. The fraction of sp³-hybridized carbons (Fsp3) is 0.391. The van der Waals surface area contributed by atoms with Crippen LogP contribution in [0, 0.1) is 5.92 Å². The van der Waals surface area contributed by atoms with Crippen molar-refractivity contribution < 1.29 is 19.1 Å². The standard InChI is InChI=1S/C23H28N2O4S/c1-13(2)29-17-9-6-15(12-18(17)28-4)7-10-20(26)25-23-21(22(24)27)16-8-5-14(3)11-19(16)30-23/h6-7,9-10,12-14H,5,8,11H2,1-4H3,(H2,24,27)(H,25,26)/b10-7+. The second-order valence-electron chi connectivity index (χ2n) is 7.82. The number of methoxy groups -OCH3 is 1. The molecule has 3 rings (SSSR count). The van der Waals surface area contributed by atoms with Crippen LogP contribution in [0.5, 0.6) is 11.5 Å². The topological polar surface area (TPSA) is 90.6 Å². The van der Waals surface area contributed by atoms with Gasteiger partial charge in [-0.1, -0.05) is 13.0 Å². The van der Waals surface area contributed by atoms with Gasteiger partial charge in [-0.2, -0.15) is 0 Å². The monoisotopic (exact) mass is 428 g/mol. The van der Waals surface area contributed by atoms with Crippen molar-refractivity contribution >= 4 is 34.2 Å². The van der Waals surface area contributed by atoms with Crippen molar-refractivity contribution in [2.24, 2.45) is 11.7 Å². The molecule has 0 bridgehead atoms. The van der Waals surface area contributed by atoms with E-state index < -0.39 is 5.91 Å². The number of carbonyl (C=O) groups excluding carboxylic acids is 2. The molecule has 7 heteroatoms. The Kier molecular flexibility index (Phi) is 6.82. The summed E-state index contributed by atoms with van der Waals surface area (Å²) in [6, 6.07) is 5.47. The highest BCUT2D eigenvalue weighted by atomic mass is 32.1. The van der Waals surface area contributed by atoms with Crippen LogP contribution in [0.3, 0.4) is 0 Å². The summed E-state index contributed by atoms with van der Waals surface area (Å²) in [4.78, 5) is 25.7. The lowest BCUT2D eigenvalue weighted by atomic mass is 9.88. The van der Waals surface area contributed by atoms with E-state index in [4.69, 9.17) is 15.2 Å². The SMILES string of the molecule is COc1cc(/C=C/C(=O)Nc2sc3c(c2C(N)=O)CCC(C)C3)ccc1OC(C)C. The van der Waals surface area contributed by atoms with Gasteiger partial charge in [0.15, 0.2) is 11.5 Å². The second-order valence-corrected chi connectivity index (χ2v) is 8.92. The Morgan fingerprint density at radius 3 is 2.73 bits per heavy atom. The number of primary amides is 1. The molecule has 1 heterocycles. The van der Waals surface area contributed by atoms with E-state index >= 15 is 0 Å². The Bertz CT molecular complexity index is 978. The predicted molar refractivity (Wildman–Crippen MR) is 120 cm³/mol. The number of ether oxygens (including phenoxy) is 2. The van der Waals surface area contributed by atoms with E-state index in [1.54, 1.807) is 13.2 Å². The Hall–Kier alpha value is -2.80. The Morgan fingerprint density at radius 2 is 2.07 bits per heavy atom. The van der Waals surface area contributed by atoms with Crippen LogP contribution < -0.4 is 20.5 Å². The summed E-state index contributed by atoms with van der Waals surface area (Å²) in [6.07, 6.45) is 5.92. The van der Waals surface area contributed by atoms with Crippen LogP contribution >= 0.6 is 11.3 Å². The Labute approximate surface area is 181 Å². The quantitative estimate of drug-likeness (QED) is 0.639. The maximum atomic E-state index is 12.5. The number of fused-ring (bicyclic) bond motifs is 1. The molecule has 0 saturated carbocycles. The molecule has 160 valence electrons. The zero-order valence-corrected chi connectivity index (χ0v) is 18.6. The van der Waals surface area contributed by atoms with Crippen LogP contribution in [-0.4, -0.2) is 25.0 Å². The van der Waals surface area contributed by atoms with Gasteiger partial charge in [-0.15, -0.1) is 11.3 Å². The molecule has 3 N–H and O–H groups in total. The van der Waals surface area contributed by atoms with Gasteiger partial charge in [0.2, 0.25) is 5.91 Å². The number of nitrogens with one attached hydrogen (secondary N) is 1. The lowest BCUT2D eigenvalue weighted by Crippen LogP contribution is -2.18. The molecule has 2 aromatic rings. The lowest BCUT2D eigenvalue weighted by Gasteiger charge is -2.18. The number of hydrogen-bond donors (Lipinski definition) is 2. The van der Waals surface area contributed by atoms with Gasteiger partial charge in [-0.25, -0.2) is 0 Å². The molecule has 6 nitrogen and oxygen atoms in total. The first-order valence-corrected chi connectivity index (χ1v) is 10.9. The number of carbonyl (C=O) groups is 2. The van der Waals surface area contributed by atoms with Crippen LogP contribution in [-0.2, 0) is 17.6 Å². The predicted octanol–water partition coefficient (Wildman–Crippen LogP) is 4.42. The van der Waals surface area contributed by atoms with Crippen LogP contribution in [0.2, 0.25) is 0 Å². The number of amides is 2. The number of benzene rings is 1. The number of hydrogen-bond acceptors (Lipinski definition) is 5. The lowest BCUT2D eigenvalue weighted by molar-refractivity contribution is -0.111. The molecular weight excluding hydrogens is 400 g/mol. The average Bonchev–Trinajstić information content (AvgIpc) is 3.03. The highest BCUT2D eigenvalue weighted by Crippen LogP contribution is 2.39. The molecule has 1 unspecified atom stereocenters. The van der Waals surface area contributed by atoms with E-state index in [2.05, 4.69) is 12.2 Å². The third-order valence-corrected chi connectivity index (χ3v) is 6.14. The fourth-order valence-corrected chi connectivity index (χ4v) is 4.98. The van der Waals surface area contributed by atoms with Gasteiger partial charge >= 0.3 is 0 Å². The molecule has 2 amide bonds. The van der Waals surface area contributed by atoms with Gasteiger partial charge in [0.1, 0.15) is 5.00 Å². The zero-order chi connectivity index (χ0) is 21.8. The van der Waals surface area contributed by atoms with Crippen LogP contribution in [0.25, 0.3) is 6.08 Å². The van der Waals surface area contributed by atoms with Crippen LogP contribution in [0.15, 0.2) is 24.3 Å². The summed E-state index contributed by atoms with van der Waals surface area (Å²) < 4.78 is 11.1. The normalized spacial score (nSPS) is 15.8.